The topological polar surface area (TPSA) is 101 Å². The van der Waals surface area contributed by atoms with E-state index in [1.807, 2.05) is 0 Å². The van der Waals surface area contributed by atoms with Gasteiger partial charge in [-0.3, -0.25) is 0 Å². The molecule has 2 rings (SSSR count). The van der Waals surface area contributed by atoms with Gasteiger partial charge in [-0.15, -0.1) is 0 Å². The first-order chi connectivity index (χ1) is 9.70. The van der Waals surface area contributed by atoms with Gasteiger partial charge in [-0.2, -0.15) is 8.42 Å². The summed E-state index contributed by atoms with van der Waals surface area (Å²) in [4.78, 5) is -0.474. The zero-order valence-corrected chi connectivity index (χ0v) is 14.1. The second kappa shape index (κ2) is 5.91. The van der Waals surface area contributed by atoms with Crippen molar-refractivity contribution in [1.29, 1.82) is 0 Å². The van der Waals surface area contributed by atoms with Gasteiger partial charge in [-0.25, -0.2) is 8.42 Å². The van der Waals surface area contributed by atoms with Crippen LogP contribution in [0.2, 0.25) is 0 Å². The Morgan fingerprint density at radius 2 is 1.52 bits per heavy atom. The fourth-order valence-electron chi connectivity index (χ4n) is 1.46. The van der Waals surface area contributed by atoms with Crippen molar-refractivity contribution in [3.05, 3.63) is 52.1 Å². The number of hydrogen-bond donors (Lipinski definition) is 0. The molecule has 0 saturated heterocycles. The van der Waals surface area contributed by atoms with E-state index in [-0.39, 0.29) is 14.2 Å². The van der Waals surface area contributed by atoms with Crippen LogP contribution in [-0.2, 0) is 20.2 Å². The third kappa shape index (κ3) is 3.93. The van der Waals surface area contributed by atoms with Gasteiger partial charge in [0.2, 0.25) is 0 Å². The van der Waals surface area contributed by atoms with Gasteiger partial charge in [0.15, 0.2) is 5.75 Å². The SMILES string of the molecule is O=S(=O)([O-])c1ccc(OS(=O)(=O)c2ccccc2)c(I)c1. The van der Waals surface area contributed by atoms with Crippen LogP contribution in [0.15, 0.2) is 58.3 Å². The van der Waals surface area contributed by atoms with E-state index in [1.165, 1.54) is 12.1 Å². The second-order valence-electron chi connectivity index (χ2n) is 3.90. The number of hydrogen-bond acceptors (Lipinski definition) is 6. The molecule has 9 heteroatoms. The molecular weight excluding hydrogens is 431 g/mol. The summed E-state index contributed by atoms with van der Waals surface area (Å²) in [6, 6.07) is 10.7. The minimum absolute atomic E-state index is 0.0266. The van der Waals surface area contributed by atoms with Crippen molar-refractivity contribution in [1.82, 2.24) is 0 Å². The molecule has 0 aliphatic heterocycles. The van der Waals surface area contributed by atoms with Crippen LogP contribution in [0.1, 0.15) is 0 Å². The second-order valence-corrected chi connectivity index (χ2v) is 7.99. The van der Waals surface area contributed by atoms with Crippen LogP contribution < -0.4 is 4.18 Å². The van der Waals surface area contributed by atoms with Crippen molar-refractivity contribution in [2.45, 2.75) is 9.79 Å². The van der Waals surface area contributed by atoms with E-state index in [4.69, 9.17) is 4.18 Å². The minimum Gasteiger partial charge on any atom is -0.744 e. The summed E-state index contributed by atoms with van der Waals surface area (Å²) in [5, 5.41) is 0. The Bertz CT molecular complexity index is 860. The zero-order valence-electron chi connectivity index (χ0n) is 10.3. The van der Waals surface area contributed by atoms with Gasteiger partial charge in [0.25, 0.3) is 0 Å². The molecule has 0 unspecified atom stereocenters. The fourth-order valence-corrected chi connectivity index (χ4v) is 3.91. The Hall–Kier alpha value is -1.17. The highest BCUT2D eigenvalue weighted by atomic mass is 127. The molecule has 0 radical (unpaired) electrons. The summed E-state index contributed by atoms with van der Waals surface area (Å²) in [7, 11) is -8.61. The molecule has 0 amide bonds. The lowest BCUT2D eigenvalue weighted by molar-refractivity contribution is 0.462. The van der Waals surface area contributed by atoms with Crippen LogP contribution >= 0.6 is 22.6 Å². The van der Waals surface area contributed by atoms with Crippen LogP contribution in [0.5, 0.6) is 5.75 Å². The van der Waals surface area contributed by atoms with Gasteiger partial charge >= 0.3 is 10.1 Å². The predicted octanol–water partition coefficient (Wildman–Crippen LogP) is 1.96. The molecule has 0 aromatic heterocycles. The molecule has 0 N–H and O–H groups in total. The standard InChI is InChI=1S/C12H9IO6S2/c13-11-8-10(20(14,15)16)6-7-12(11)19-21(17,18)9-4-2-1-3-5-9/h1-8H,(H,14,15,16)/p-1. The smallest absolute Gasteiger partial charge is 0.339 e. The highest BCUT2D eigenvalue weighted by Crippen LogP contribution is 2.27. The number of benzene rings is 2. The summed E-state index contributed by atoms with van der Waals surface area (Å²) in [6.07, 6.45) is 0. The highest BCUT2D eigenvalue weighted by molar-refractivity contribution is 14.1. The van der Waals surface area contributed by atoms with E-state index in [1.54, 1.807) is 40.8 Å². The number of rotatable bonds is 4. The first-order valence-corrected chi connectivity index (χ1v) is 9.35. The monoisotopic (exact) mass is 439 g/mol. The Labute approximate surface area is 135 Å². The lowest BCUT2D eigenvalue weighted by Gasteiger charge is -2.11. The maximum Gasteiger partial charge on any atom is 0.339 e. The summed E-state index contributed by atoms with van der Waals surface area (Å²) in [5.74, 6) is -0.0492. The average molecular weight is 439 g/mol. The molecule has 0 heterocycles. The lowest BCUT2D eigenvalue weighted by atomic mass is 10.3. The zero-order chi connectivity index (χ0) is 15.7. The molecule has 2 aromatic carbocycles. The Morgan fingerprint density at radius 1 is 0.905 bits per heavy atom. The van der Waals surface area contributed by atoms with Gasteiger partial charge in [0, 0.05) is 0 Å². The molecule has 0 atom stereocenters. The summed E-state index contributed by atoms with van der Waals surface area (Å²) < 4.78 is 61.9. The molecule has 0 bridgehead atoms. The van der Waals surface area contributed by atoms with Crippen LogP contribution in [0.25, 0.3) is 0 Å². The van der Waals surface area contributed by atoms with E-state index in [9.17, 15) is 21.4 Å². The first kappa shape index (κ1) is 16.2. The average Bonchev–Trinajstić information content (AvgIpc) is 2.41. The predicted molar refractivity (Wildman–Crippen MR) is 81.4 cm³/mol. The van der Waals surface area contributed by atoms with Gasteiger partial charge in [0.05, 0.1) is 8.47 Å². The lowest BCUT2D eigenvalue weighted by Crippen LogP contribution is -2.10. The minimum atomic E-state index is -4.60. The fraction of sp³-hybridized carbons (Fsp3) is 0. The largest absolute Gasteiger partial charge is 0.744 e. The molecule has 112 valence electrons. The molecule has 0 aliphatic carbocycles. The summed E-state index contributed by atoms with van der Waals surface area (Å²) in [6.45, 7) is 0. The third-order valence-corrected chi connectivity index (χ3v) is 5.35. The molecule has 2 aromatic rings. The Kier molecular flexibility index (Phi) is 4.56. The van der Waals surface area contributed by atoms with Crippen molar-refractivity contribution in [2.24, 2.45) is 0 Å². The Morgan fingerprint density at radius 3 is 2.05 bits per heavy atom. The van der Waals surface area contributed by atoms with Gasteiger partial charge in [-0.05, 0) is 52.9 Å². The van der Waals surface area contributed by atoms with Gasteiger partial charge < -0.3 is 8.74 Å². The van der Waals surface area contributed by atoms with Crippen molar-refractivity contribution >= 4 is 42.8 Å². The van der Waals surface area contributed by atoms with Crippen molar-refractivity contribution in [3.8, 4) is 5.75 Å². The van der Waals surface area contributed by atoms with E-state index in [0.29, 0.717) is 0 Å². The summed E-state index contributed by atoms with van der Waals surface area (Å²) >= 11 is 1.69. The molecule has 21 heavy (non-hydrogen) atoms. The van der Waals surface area contributed by atoms with E-state index in [2.05, 4.69) is 0 Å². The molecule has 0 spiro atoms. The van der Waals surface area contributed by atoms with Crippen molar-refractivity contribution in [3.63, 3.8) is 0 Å². The molecule has 0 aliphatic rings. The van der Waals surface area contributed by atoms with Gasteiger partial charge in [-0.1, -0.05) is 18.2 Å². The molecule has 0 saturated carbocycles. The number of halogens is 1. The molecule has 0 fully saturated rings. The van der Waals surface area contributed by atoms with E-state index >= 15 is 0 Å². The molecule has 6 nitrogen and oxygen atoms in total. The maximum absolute atomic E-state index is 12.0. The van der Waals surface area contributed by atoms with Crippen LogP contribution in [0.3, 0.4) is 0 Å². The normalized spacial score (nSPS) is 12.1. The van der Waals surface area contributed by atoms with Crippen molar-refractivity contribution in [2.75, 3.05) is 0 Å². The van der Waals surface area contributed by atoms with E-state index < -0.39 is 25.1 Å². The highest BCUT2D eigenvalue weighted by Gasteiger charge is 2.18. The van der Waals surface area contributed by atoms with Gasteiger partial charge in [0.1, 0.15) is 15.0 Å². The van der Waals surface area contributed by atoms with Crippen molar-refractivity contribution < 1.29 is 25.6 Å². The van der Waals surface area contributed by atoms with Crippen LogP contribution in [-0.4, -0.2) is 21.4 Å². The third-order valence-electron chi connectivity index (χ3n) is 2.42. The van der Waals surface area contributed by atoms with E-state index in [0.717, 1.165) is 18.2 Å². The molecular formula is C12H8IO6S2-. The van der Waals surface area contributed by atoms with Crippen LogP contribution in [0.4, 0.5) is 0 Å². The quantitative estimate of drug-likeness (QED) is 0.410. The van der Waals surface area contributed by atoms with Crippen LogP contribution in [0, 0.1) is 3.57 Å². The summed E-state index contributed by atoms with van der Waals surface area (Å²) in [5.41, 5.74) is 0. The Balaban J connectivity index is 2.37. The maximum atomic E-state index is 12.0. The first-order valence-electron chi connectivity index (χ1n) is 5.45.